The van der Waals surface area contributed by atoms with Gasteiger partial charge in [0.25, 0.3) is 5.91 Å². The maximum Gasteiger partial charge on any atom is 0.347 e. The number of carbonyl (C=O) groups is 2. The fourth-order valence-corrected chi connectivity index (χ4v) is 3.96. The Balaban J connectivity index is 1.46. The summed E-state index contributed by atoms with van der Waals surface area (Å²) in [6, 6.07) is 18.3. The number of aryl methyl sites for hydroxylation is 1. The van der Waals surface area contributed by atoms with Crippen molar-refractivity contribution < 1.29 is 28.9 Å². The molecule has 0 bridgehead atoms. The van der Waals surface area contributed by atoms with E-state index in [9.17, 15) is 14.7 Å². The highest BCUT2D eigenvalue weighted by Gasteiger charge is 2.30. The molecular formula is C28H29NO6. The summed E-state index contributed by atoms with van der Waals surface area (Å²) in [5.74, 6) is 1.30. The van der Waals surface area contributed by atoms with Gasteiger partial charge in [-0.05, 0) is 92.4 Å². The third-order valence-corrected chi connectivity index (χ3v) is 6.06. The standard InChI is InChI=1S/C28H29NO6/c1-18-14-24(10-11-25(18)35-28(2,3)27(31)32)34-23-7-5-6-20(16-23)26(30)29-13-12-19-15-22(33-4)9-8-21(19)17-29/h5-11,14-16H,12-13,17H2,1-4H3,(H,31,32). The molecule has 0 unspecified atom stereocenters. The molecule has 3 aromatic rings. The number of amides is 1. The first-order valence-corrected chi connectivity index (χ1v) is 11.4. The summed E-state index contributed by atoms with van der Waals surface area (Å²) >= 11 is 0. The predicted molar refractivity (Wildman–Crippen MR) is 131 cm³/mol. The highest BCUT2D eigenvalue weighted by Crippen LogP contribution is 2.31. The molecule has 35 heavy (non-hydrogen) atoms. The second-order valence-corrected chi connectivity index (χ2v) is 9.09. The second kappa shape index (κ2) is 9.70. The fourth-order valence-electron chi connectivity index (χ4n) is 3.96. The number of hydrogen-bond acceptors (Lipinski definition) is 5. The first-order valence-electron chi connectivity index (χ1n) is 11.4. The number of rotatable bonds is 7. The van der Waals surface area contributed by atoms with Gasteiger partial charge < -0.3 is 24.2 Å². The van der Waals surface area contributed by atoms with Gasteiger partial charge in [0.05, 0.1) is 7.11 Å². The summed E-state index contributed by atoms with van der Waals surface area (Å²) in [6.07, 6.45) is 0.779. The van der Waals surface area contributed by atoms with Crippen LogP contribution in [-0.4, -0.2) is 41.1 Å². The lowest BCUT2D eigenvalue weighted by Crippen LogP contribution is -2.38. The Labute approximate surface area is 204 Å². The minimum atomic E-state index is -1.34. The van der Waals surface area contributed by atoms with Crippen LogP contribution in [0.4, 0.5) is 0 Å². The quantitative estimate of drug-likeness (QED) is 0.503. The molecule has 0 aliphatic carbocycles. The highest BCUT2D eigenvalue weighted by atomic mass is 16.5. The smallest absolute Gasteiger partial charge is 0.347 e. The van der Waals surface area contributed by atoms with Crippen LogP contribution in [0.1, 0.15) is 40.9 Å². The van der Waals surface area contributed by atoms with Crippen molar-refractivity contribution in [1.82, 2.24) is 4.90 Å². The zero-order valence-corrected chi connectivity index (χ0v) is 20.3. The molecule has 7 nitrogen and oxygen atoms in total. The average Bonchev–Trinajstić information content (AvgIpc) is 2.84. The third-order valence-electron chi connectivity index (χ3n) is 6.06. The molecule has 182 valence electrons. The molecule has 4 rings (SSSR count). The van der Waals surface area contributed by atoms with Crippen LogP contribution in [0.3, 0.4) is 0 Å². The topological polar surface area (TPSA) is 85.3 Å². The van der Waals surface area contributed by atoms with Gasteiger partial charge in [-0.3, -0.25) is 4.79 Å². The molecule has 0 atom stereocenters. The van der Waals surface area contributed by atoms with Crippen LogP contribution < -0.4 is 14.2 Å². The monoisotopic (exact) mass is 475 g/mol. The van der Waals surface area contributed by atoms with Gasteiger partial charge >= 0.3 is 5.97 Å². The molecule has 0 spiro atoms. The van der Waals surface area contributed by atoms with Crippen LogP contribution in [-0.2, 0) is 17.8 Å². The fraction of sp³-hybridized carbons (Fsp3) is 0.286. The van der Waals surface area contributed by atoms with Gasteiger partial charge in [0.2, 0.25) is 0 Å². The zero-order valence-electron chi connectivity index (χ0n) is 20.3. The van der Waals surface area contributed by atoms with Crippen molar-refractivity contribution in [2.75, 3.05) is 13.7 Å². The molecule has 1 N–H and O–H groups in total. The summed E-state index contributed by atoms with van der Waals surface area (Å²) in [5.41, 5.74) is 2.29. The third kappa shape index (κ3) is 5.40. The van der Waals surface area contributed by atoms with Gasteiger partial charge in [-0.2, -0.15) is 0 Å². The normalized spacial score (nSPS) is 13.1. The van der Waals surface area contributed by atoms with Gasteiger partial charge in [0.15, 0.2) is 5.60 Å². The number of fused-ring (bicyclic) bond motifs is 1. The summed E-state index contributed by atoms with van der Waals surface area (Å²) in [4.78, 5) is 26.4. The van der Waals surface area contributed by atoms with E-state index in [0.717, 1.165) is 23.3 Å². The number of methoxy groups -OCH3 is 1. The zero-order chi connectivity index (χ0) is 25.2. The van der Waals surface area contributed by atoms with E-state index in [0.29, 0.717) is 35.9 Å². The van der Waals surface area contributed by atoms with Crippen molar-refractivity contribution in [2.45, 2.75) is 39.3 Å². The van der Waals surface area contributed by atoms with Crippen LogP contribution in [0.2, 0.25) is 0 Å². The Bertz CT molecular complexity index is 1270. The Kier molecular flexibility index (Phi) is 6.69. The minimum Gasteiger partial charge on any atom is -0.497 e. The van der Waals surface area contributed by atoms with Crippen LogP contribution in [0.5, 0.6) is 23.0 Å². The summed E-state index contributed by atoms with van der Waals surface area (Å²) in [6.45, 7) is 6.01. The molecule has 0 aromatic heterocycles. The molecule has 1 heterocycles. The number of nitrogens with zero attached hydrogens (tertiary/aromatic N) is 1. The van der Waals surface area contributed by atoms with Crippen molar-refractivity contribution in [1.29, 1.82) is 0 Å². The van der Waals surface area contributed by atoms with E-state index in [2.05, 4.69) is 0 Å². The Morgan fingerprint density at radius 2 is 1.69 bits per heavy atom. The molecular weight excluding hydrogens is 446 g/mol. The molecule has 0 saturated heterocycles. The lowest BCUT2D eigenvalue weighted by atomic mass is 9.98. The van der Waals surface area contributed by atoms with Crippen LogP contribution >= 0.6 is 0 Å². The molecule has 7 heteroatoms. The number of aliphatic carboxylic acids is 1. The largest absolute Gasteiger partial charge is 0.497 e. The molecule has 0 saturated carbocycles. The molecule has 3 aromatic carbocycles. The van der Waals surface area contributed by atoms with Crippen molar-refractivity contribution in [3.05, 3.63) is 82.9 Å². The Morgan fingerprint density at radius 3 is 2.40 bits per heavy atom. The van der Waals surface area contributed by atoms with Crippen molar-refractivity contribution in [3.63, 3.8) is 0 Å². The maximum atomic E-state index is 13.2. The summed E-state index contributed by atoms with van der Waals surface area (Å²) in [5, 5.41) is 9.29. The van der Waals surface area contributed by atoms with E-state index in [4.69, 9.17) is 14.2 Å². The van der Waals surface area contributed by atoms with E-state index >= 15 is 0 Å². The van der Waals surface area contributed by atoms with Crippen molar-refractivity contribution >= 4 is 11.9 Å². The molecule has 0 fully saturated rings. The molecule has 1 aliphatic rings. The van der Waals surface area contributed by atoms with E-state index < -0.39 is 11.6 Å². The van der Waals surface area contributed by atoms with Gasteiger partial charge in [-0.15, -0.1) is 0 Å². The van der Waals surface area contributed by atoms with E-state index in [-0.39, 0.29) is 5.91 Å². The number of ether oxygens (including phenoxy) is 3. The Morgan fingerprint density at radius 1 is 0.943 bits per heavy atom. The molecule has 1 aliphatic heterocycles. The number of carboxylic acids is 1. The van der Waals surface area contributed by atoms with Crippen LogP contribution in [0.15, 0.2) is 60.7 Å². The van der Waals surface area contributed by atoms with Gasteiger partial charge in [-0.25, -0.2) is 4.79 Å². The average molecular weight is 476 g/mol. The number of benzene rings is 3. The van der Waals surface area contributed by atoms with Gasteiger partial charge in [0, 0.05) is 18.7 Å². The number of carboxylic acid groups (broad SMARTS) is 1. The van der Waals surface area contributed by atoms with E-state index in [1.165, 1.54) is 19.4 Å². The second-order valence-electron chi connectivity index (χ2n) is 9.09. The van der Waals surface area contributed by atoms with Crippen molar-refractivity contribution in [2.24, 2.45) is 0 Å². The van der Waals surface area contributed by atoms with Gasteiger partial charge in [-0.1, -0.05) is 12.1 Å². The van der Waals surface area contributed by atoms with Crippen LogP contribution in [0.25, 0.3) is 0 Å². The first kappa shape index (κ1) is 24.1. The lowest BCUT2D eigenvalue weighted by molar-refractivity contribution is -0.152. The molecule has 1 amide bonds. The maximum absolute atomic E-state index is 13.2. The van der Waals surface area contributed by atoms with Gasteiger partial charge in [0.1, 0.15) is 23.0 Å². The van der Waals surface area contributed by atoms with Crippen molar-refractivity contribution in [3.8, 4) is 23.0 Å². The predicted octanol–water partition coefficient (Wildman–Crippen LogP) is 5.24. The number of carbonyl (C=O) groups excluding carboxylic acids is 1. The SMILES string of the molecule is COc1ccc2c(c1)CCN(C(=O)c1cccc(Oc3ccc(OC(C)(C)C(=O)O)c(C)c3)c1)C2. The first-order chi connectivity index (χ1) is 16.7. The van der Waals surface area contributed by atoms with E-state index in [1.807, 2.05) is 30.0 Å². The van der Waals surface area contributed by atoms with Crippen LogP contribution in [0, 0.1) is 6.92 Å². The Hall–Kier alpha value is -4.00. The minimum absolute atomic E-state index is 0.0484. The number of hydrogen-bond donors (Lipinski definition) is 1. The highest BCUT2D eigenvalue weighted by molar-refractivity contribution is 5.94. The molecule has 0 radical (unpaired) electrons. The summed E-state index contributed by atoms with van der Waals surface area (Å²) < 4.78 is 16.9. The lowest BCUT2D eigenvalue weighted by Gasteiger charge is -2.29. The van der Waals surface area contributed by atoms with E-state index in [1.54, 1.807) is 49.6 Å². The summed E-state index contributed by atoms with van der Waals surface area (Å²) in [7, 11) is 1.65.